The molecule has 0 aliphatic heterocycles. The summed E-state index contributed by atoms with van der Waals surface area (Å²) in [5.41, 5.74) is 0.182. The summed E-state index contributed by atoms with van der Waals surface area (Å²) in [4.78, 5) is 25.5. The molecule has 1 unspecified atom stereocenters. The number of aliphatic carboxylic acids is 1. The minimum Gasteiger partial charge on any atom is -0.480 e. The highest BCUT2D eigenvalue weighted by Crippen LogP contribution is 2.19. The minimum absolute atomic E-state index is 0.308. The Morgan fingerprint density at radius 2 is 2.28 bits per heavy atom. The molecule has 96 valence electrons. The first kappa shape index (κ1) is 12.3. The number of carboxylic acids is 1. The lowest BCUT2D eigenvalue weighted by molar-refractivity contribution is -0.141. The third-order valence-corrected chi connectivity index (χ3v) is 2.84. The Morgan fingerprint density at radius 1 is 1.56 bits per heavy atom. The number of nitrogens with zero attached hydrogens (tertiary/aromatic N) is 1. The fraction of sp³-hybridized carbons (Fsp3) is 0.333. The quantitative estimate of drug-likeness (QED) is 0.872. The largest absolute Gasteiger partial charge is 0.480 e. The zero-order valence-electron chi connectivity index (χ0n) is 9.81. The summed E-state index contributed by atoms with van der Waals surface area (Å²) in [7, 11) is 0. The van der Waals surface area contributed by atoms with E-state index >= 15 is 0 Å². The molecule has 1 aromatic heterocycles. The van der Waals surface area contributed by atoms with Crippen molar-refractivity contribution in [2.75, 3.05) is 0 Å². The number of halogens is 1. The van der Waals surface area contributed by atoms with Gasteiger partial charge in [-0.1, -0.05) is 13.3 Å². The van der Waals surface area contributed by atoms with Crippen LogP contribution >= 0.6 is 0 Å². The van der Waals surface area contributed by atoms with Crippen LogP contribution in [0, 0.1) is 5.82 Å². The molecular weight excluding hydrogens is 239 g/mol. The highest BCUT2D eigenvalue weighted by molar-refractivity contribution is 5.79. The monoisotopic (exact) mass is 252 g/mol. The molecule has 6 heteroatoms. The number of hydrogen-bond donors (Lipinski definition) is 2. The van der Waals surface area contributed by atoms with E-state index in [-0.39, 0.29) is 0 Å². The van der Waals surface area contributed by atoms with Crippen LogP contribution in [0.3, 0.4) is 0 Å². The molecule has 0 fully saturated rings. The van der Waals surface area contributed by atoms with Gasteiger partial charge in [0.15, 0.2) is 0 Å². The number of carbonyl (C=O) groups is 1. The summed E-state index contributed by atoms with van der Waals surface area (Å²) in [6.45, 7) is 1.84. The van der Waals surface area contributed by atoms with E-state index in [1.54, 1.807) is 0 Å². The summed E-state index contributed by atoms with van der Waals surface area (Å²) in [5, 5.41) is 9.17. The van der Waals surface area contributed by atoms with Gasteiger partial charge < -0.3 is 10.1 Å². The molecule has 2 rings (SSSR count). The van der Waals surface area contributed by atoms with E-state index in [4.69, 9.17) is 5.11 Å². The van der Waals surface area contributed by atoms with Crippen molar-refractivity contribution >= 4 is 17.0 Å². The first-order chi connectivity index (χ1) is 8.54. The van der Waals surface area contributed by atoms with Crippen LogP contribution in [0.5, 0.6) is 0 Å². The number of aromatic amines is 1. The van der Waals surface area contributed by atoms with Gasteiger partial charge >= 0.3 is 11.7 Å². The van der Waals surface area contributed by atoms with Crippen molar-refractivity contribution in [2.24, 2.45) is 0 Å². The Bertz CT molecular complexity index is 644. The predicted octanol–water partition coefficient (Wildman–Crippen LogP) is 1.89. The fourth-order valence-corrected chi connectivity index (χ4v) is 2.05. The number of imidazole rings is 1. The Morgan fingerprint density at radius 3 is 2.89 bits per heavy atom. The van der Waals surface area contributed by atoms with Gasteiger partial charge in [-0.05, 0) is 24.6 Å². The number of hydrogen-bond acceptors (Lipinski definition) is 2. The van der Waals surface area contributed by atoms with Crippen LogP contribution in [0.2, 0.25) is 0 Å². The van der Waals surface area contributed by atoms with Gasteiger partial charge in [-0.3, -0.25) is 4.57 Å². The van der Waals surface area contributed by atoms with Gasteiger partial charge in [-0.25, -0.2) is 14.0 Å². The second-order valence-electron chi connectivity index (χ2n) is 4.10. The van der Waals surface area contributed by atoms with E-state index in [0.29, 0.717) is 23.9 Å². The van der Waals surface area contributed by atoms with Gasteiger partial charge in [0.05, 0.1) is 11.0 Å². The van der Waals surface area contributed by atoms with Gasteiger partial charge in [-0.15, -0.1) is 0 Å². The van der Waals surface area contributed by atoms with E-state index in [2.05, 4.69) is 4.98 Å². The smallest absolute Gasteiger partial charge is 0.327 e. The molecule has 0 spiro atoms. The Balaban J connectivity index is 2.65. The van der Waals surface area contributed by atoms with Crippen LogP contribution < -0.4 is 5.69 Å². The van der Waals surface area contributed by atoms with E-state index in [1.165, 1.54) is 22.8 Å². The van der Waals surface area contributed by atoms with Crippen LogP contribution in [-0.4, -0.2) is 20.6 Å². The average Bonchev–Trinajstić information content (AvgIpc) is 2.61. The Kier molecular flexibility index (Phi) is 3.18. The molecule has 0 saturated heterocycles. The summed E-state index contributed by atoms with van der Waals surface area (Å²) < 4.78 is 14.2. The zero-order valence-corrected chi connectivity index (χ0v) is 9.81. The average molecular weight is 252 g/mol. The number of carboxylic acid groups (broad SMARTS) is 1. The maximum atomic E-state index is 13.0. The topological polar surface area (TPSA) is 75.1 Å². The highest BCUT2D eigenvalue weighted by Gasteiger charge is 2.23. The molecule has 2 aromatic rings. The highest BCUT2D eigenvalue weighted by atomic mass is 19.1. The summed E-state index contributed by atoms with van der Waals surface area (Å²) in [6, 6.07) is 2.87. The van der Waals surface area contributed by atoms with Gasteiger partial charge in [0.1, 0.15) is 11.9 Å². The lowest BCUT2D eigenvalue weighted by Crippen LogP contribution is -2.27. The zero-order chi connectivity index (χ0) is 13.3. The van der Waals surface area contributed by atoms with Crippen LogP contribution in [0.25, 0.3) is 11.0 Å². The lowest BCUT2D eigenvalue weighted by atomic mass is 10.1. The van der Waals surface area contributed by atoms with Crippen molar-refractivity contribution < 1.29 is 14.3 Å². The van der Waals surface area contributed by atoms with Crippen molar-refractivity contribution in [2.45, 2.75) is 25.8 Å². The molecule has 0 aliphatic carbocycles. The van der Waals surface area contributed by atoms with E-state index < -0.39 is 23.5 Å². The third-order valence-electron chi connectivity index (χ3n) is 2.84. The van der Waals surface area contributed by atoms with Crippen LogP contribution in [0.15, 0.2) is 23.0 Å². The number of rotatable bonds is 4. The van der Waals surface area contributed by atoms with E-state index in [9.17, 15) is 14.0 Å². The Hall–Kier alpha value is -2.11. The number of benzene rings is 1. The molecule has 0 amide bonds. The molecule has 2 N–H and O–H groups in total. The van der Waals surface area contributed by atoms with Gasteiger partial charge in [0.25, 0.3) is 0 Å². The molecule has 0 radical (unpaired) electrons. The third kappa shape index (κ3) is 2.01. The maximum Gasteiger partial charge on any atom is 0.327 e. The first-order valence-electron chi connectivity index (χ1n) is 5.67. The number of nitrogens with one attached hydrogen (secondary N) is 1. The van der Waals surface area contributed by atoms with Crippen molar-refractivity contribution in [3.8, 4) is 0 Å². The minimum atomic E-state index is -1.07. The maximum absolute atomic E-state index is 13.0. The molecule has 1 aromatic carbocycles. The van der Waals surface area contributed by atoms with Gasteiger partial charge in [-0.2, -0.15) is 0 Å². The van der Waals surface area contributed by atoms with E-state index in [1.807, 2.05) is 6.92 Å². The summed E-state index contributed by atoms with van der Waals surface area (Å²) in [5.74, 6) is -1.54. The van der Waals surface area contributed by atoms with Gasteiger partial charge in [0, 0.05) is 0 Å². The van der Waals surface area contributed by atoms with Crippen molar-refractivity contribution in [3.05, 3.63) is 34.5 Å². The molecule has 5 nitrogen and oxygen atoms in total. The van der Waals surface area contributed by atoms with Crippen molar-refractivity contribution in [1.82, 2.24) is 9.55 Å². The molecule has 0 bridgehead atoms. The van der Waals surface area contributed by atoms with Crippen LogP contribution in [0.4, 0.5) is 4.39 Å². The number of aromatic nitrogens is 2. The molecule has 0 saturated carbocycles. The second-order valence-corrected chi connectivity index (χ2v) is 4.10. The van der Waals surface area contributed by atoms with Crippen molar-refractivity contribution in [1.29, 1.82) is 0 Å². The first-order valence-corrected chi connectivity index (χ1v) is 5.67. The molecule has 18 heavy (non-hydrogen) atoms. The standard InChI is InChI=1S/C12H13FN2O3/c1-2-3-10(11(16)17)15-9-5-4-7(13)6-8(9)14-12(15)18/h4-6,10H,2-3H2,1H3,(H,14,18)(H,16,17). The second kappa shape index (κ2) is 4.64. The normalized spacial score (nSPS) is 12.8. The van der Waals surface area contributed by atoms with E-state index in [0.717, 1.165) is 0 Å². The predicted molar refractivity (Wildman–Crippen MR) is 64.1 cm³/mol. The summed E-state index contributed by atoms with van der Waals surface area (Å²) in [6.07, 6.45) is 0.983. The molecule has 1 atom stereocenters. The SMILES string of the molecule is CCCC(C(=O)O)n1c(=O)[nH]c2cc(F)ccc21. The Labute approximate surface area is 102 Å². The van der Waals surface area contributed by atoms with Gasteiger partial charge in [0.2, 0.25) is 0 Å². The molecular formula is C12H13FN2O3. The van der Waals surface area contributed by atoms with Crippen LogP contribution in [0.1, 0.15) is 25.8 Å². The van der Waals surface area contributed by atoms with Crippen molar-refractivity contribution in [3.63, 3.8) is 0 Å². The van der Waals surface area contributed by atoms with Crippen LogP contribution in [-0.2, 0) is 4.79 Å². The fourth-order valence-electron chi connectivity index (χ4n) is 2.05. The number of fused-ring (bicyclic) bond motifs is 1. The summed E-state index contributed by atoms with van der Waals surface area (Å²) >= 11 is 0. The molecule has 1 heterocycles. The molecule has 0 aliphatic rings. The lowest BCUT2D eigenvalue weighted by Gasteiger charge is -2.12. The number of H-pyrrole nitrogens is 1.